The van der Waals surface area contributed by atoms with Crippen molar-refractivity contribution in [1.82, 2.24) is 9.21 Å². The van der Waals surface area contributed by atoms with Gasteiger partial charge in [0.15, 0.2) is 6.61 Å². The zero-order valence-electron chi connectivity index (χ0n) is 16.5. The van der Waals surface area contributed by atoms with Crippen molar-refractivity contribution >= 4 is 15.9 Å². The van der Waals surface area contributed by atoms with Crippen molar-refractivity contribution in [3.8, 4) is 5.75 Å². The molecule has 0 N–H and O–H groups in total. The molecular weight excluding hydrogens is 395 g/mol. The number of hydrogen-bond donors (Lipinski definition) is 0. The molecule has 1 amide bonds. The van der Waals surface area contributed by atoms with E-state index in [1.54, 1.807) is 23.1 Å². The Bertz CT molecular complexity index is 953. The van der Waals surface area contributed by atoms with Gasteiger partial charge in [-0.1, -0.05) is 32.0 Å². The minimum Gasteiger partial charge on any atom is -0.484 e. The molecule has 0 aliphatic carbocycles. The fourth-order valence-corrected chi connectivity index (χ4v) is 4.57. The van der Waals surface area contributed by atoms with Crippen LogP contribution in [0.2, 0.25) is 0 Å². The Morgan fingerprint density at radius 1 is 1.07 bits per heavy atom. The van der Waals surface area contributed by atoms with Gasteiger partial charge in [-0.3, -0.25) is 4.79 Å². The van der Waals surface area contributed by atoms with Crippen LogP contribution in [0.4, 0.5) is 4.39 Å². The summed E-state index contributed by atoms with van der Waals surface area (Å²) in [6.45, 7) is 4.91. The number of nitrogens with zero attached hydrogens (tertiary/aromatic N) is 2. The number of amides is 1. The first-order valence-electron chi connectivity index (χ1n) is 9.53. The first-order valence-corrected chi connectivity index (χ1v) is 11.0. The van der Waals surface area contributed by atoms with Crippen molar-refractivity contribution in [3.05, 3.63) is 59.9 Å². The summed E-state index contributed by atoms with van der Waals surface area (Å²) in [6.07, 6.45) is 0. The number of hydrogen-bond acceptors (Lipinski definition) is 4. The molecule has 6 nitrogen and oxygen atoms in total. The second-order valence-electron chi connectivity index (χ2n) is 7.25. The lowest BCUT2D eigenvalue weighted by Gasteiger charge is -2.34. The van der Waals surface area contributed by atoms with Gasteiger partial charge in [0.05, 0.1) is 4.90 Å². The molecule has 0 saturated carbocycles. The van der Waals surface area contributed by atoms with E-state index in [-0.39, 0.29) is 49.3 Å². The van der Waals surface area contributed by atoms with Gasteiger partial charge in [0.2, 0.25) is 10.0 Å². The smallest absolute Gasteiger partial charge is 0.260 e. The van der Waals surface area contributed by atoms with Crippen LogP contribution in [0.1, 0.15) is 25.3 Å². The summed E-state index contributed by atoms with van der Waals surface area (Å²) in [5.74, 6) is -0.0805. The number of halogens is 1. The molecule has 0 aromatic heterocycles. The molecule has 1 aliphatic rings. The largest absolute Gasteiger partial charge is 0.484 e. The third kappa shape index (κ3) is 5.13. The predicted molar refractivity (Wildman–Crippen MR) is 108 cm³/mol. The zero-order chi connectivity index (χ0) is 21.0. The predicted octanol–water partition coefficient (Wildman–Crippen LogP) is 2.86. The van der Waals surface area contributed by atoms with Gasteiger partial charge in [0.1, 0.15) is 11.6 Å². The molecule has 1 saturated heterocycles. The Labute approximate surface area is 170 Å². The Hall–Kier alpha value is -2.45. The lowest BCUT2D eigenvalue weighted by atomic mass is 10.0. The van der Waals surface area contributed by atoms with Crippen molar-refractivity contribution in [1.29, 1.82) is 0 Å². The van der Waals surface area contributed by atoms with E-state index in [1.807, 2.05) is 12.1 Å². The fourth-order valence-electron chi connectivity index (χ4n) is 3.14. The molecule has 1 heterocycles. The molecule has 0 unspecified atom stereocenters. The van der Waals surface area contributed by atoms with E-state index < -0.39 is 15.8 Å². The van der Waals surface area contributed by atoms with E-state index in [0.29, 0.717) is 5.92 Å². The van der Waals surface area contributed by atoms with Gasteiger partial charge >= 0.3 is 0 Å². The minimum atomic E-state index is -3.59. The first-order chi connectivity index (χ1) is 13.8. The Balaban J connectivity index is 1.55. The molecule has 2 aromatic rings. The molecule has 8 heteroatoms. The average molecular weight is 421 g/mol. The van der Waals surface area contributed by atoms with Crippen LogP contribution < -0.4 is 4.74 Å². The van der Waals surface area contributed by atoms with Gasteiger partial charge in [-0.15, -0.1) is 0 Å². The van der Waals surface area contributed by atoms with Crippen LogP contribution in [0.15, 0.2) is 53.4 Å². The van der Waals surface area contributed by atoms with Crippen LogP contribution in [0, 0.1) is 5.82 Å². The molecule has 0 bridgehead atoms. The van der Waals surface area contributed by atoms with Gasteiger partial charge in [-0.25, -0.2) is 12.8 Å². The lowest BCUT2D eigenvalue weighted by molar-refractivity contribution is -0.134. The zero-order valence-corrected chi connectivity index (χ0v) is 17.4. The number of sulfonamides is 1. The van der Waals surface area contributed by atoms with E-state index in [2.05, 4.69) is 13.8 Å². The number of carbonyl (C=O) groups is 1. The maximum atomic E-state index is 13.2. The number of rotatable bonds is 6. The van der Waals surface area contributed by atoms with E-state index in [1.165, 1.54) is 22.5 Å². The molecule has 1 aliphatic heterocycles. The summed E-state index contributed by atoms with van der Waals surface area (Å²) in [4.78, 5) is 14.1. The lowest BCUT2D eigenvalue weighted by Crippen LogP contribution is -2.51. The molecular formula is C21H25FN2O4S. The van der Waals surface area contributed by atoms with Crippen molar-refractivity contribution in [2.45, 2.75) is 24.7 Å². The summed E-state index contributed by atoms with van der Waals surface area (Å²) < 4.78 is 45.6. The van der Waals surface area contributed by atoms with Crippen molar-refractivity contribution in [3.63, 3.8) is 0 Å². The van der Waals surface area contributed by atoms with Gasteiger partial charge < -0.3 is 9.64 Å². The number of benzene rings is 2. The number of piperazine rings is 1. The monoisotopic (exact) mass is 420 g/mol. The van der Waals surface area contributed by atoms with Crippen molar-refractivity contribution in [2.75, 3.05) is 32.8 Å². The standard InChI is InChI=1S/C21H25FN2O4S/c1-16(2)17-6-8-20(9-7-17)29(26,27)24-12-10-23(11-13-24)21(25)15-28-19-5-3-4-18(22)14-19/h3-9,14,16H,10-13,15H2,1-2H3. The Morgan fingerprint density at radius 2 is 1.72 bits per heavy atom. The highest BCUT2D eigenvalue weighted by Gasteiger charge is 2.30. The second kappa shape index (κ2) is 8.92. The van der Waals surface area contributed by atoms with Crippen LogP contribution in [0.25, 0.3) is 0 Å². The average Bonchev–Trinajstić information content (AvgIpc) is 2.72. The molecule has 0 spiro atoms. The maximum Gasteiger partial charge on any atom is 0.260 e. The molecule has 3 rings (SSSR count). The van der Waals surface area contributed by atoms with Crippen LogP contribution in [0.5, 0.6) is 5.75 Å². The van der Waals surface area contributed by atoms with E-state index in [9.17, 15) is 17.6 Å². The Morgan fingerprint density at radius 3 is 2.31 bits per heavy atom. The third-order valence-corrected chi connectivity index (χ3v) is 6.85. The van der Waals surface area contributed by atoms with Gasteiger partial charge in [-0.2, -0.15) is 4.31 Å². The fraction of sp³-hybridized carbons (Fsp3) is 0.381. The Kier molecular flexibility index (Phi) is 6.54. The van der Waals surface area contributed by atoms with Gasteiger partial charge in [0.25, 0.3) is 5.91 Å². The number of ether oxygens (including phenoxy) is 1. The first kappa shape index (κ1) is 21.3. The van der Waals surface area contributed by atoms with E-state index >= 15 is 0 Å². The maximum absolute atomic E-state index is 13.2. The summed E-state index contributed by atoms with van der Waals surface area (Å²) >= 11 is 0. The molecule has 1 fully saturated rings. The summed E-state index contributed by atoms with van der Waals surface area (Å²) in [6, 6.07) is 12.5. The molecule has 2 aromatic carbocycles. The van der Waals surface area contributed by atoms with Crippen LogP contribution in [-0.4, -0.2) is 56.3 Å². The molecule has 0 atom stereocenters. The third-order valence-electron chi connectivity index (χ3n) is 4.93. The van der Waals surface area contributed by atoms with E-state index in [0.717, 1.165) is 5.56 Å². The normalized spacial score (nSPS) is 15.5. The van der Waals surface area contributed by atoms with Crippen molar-refractivity contribution in [2.24, 2.45) is 0 Å². The topological polar surface area (TPSA) is 66.9 Å². The summed E-state index contributed by atoms with van der Waals surface area (Å²) in [5.41, 5.74) is 1.08. The molecule has 0 radical (unpaired) electrons. The second-order valence-corrected chi connectivity index (χ2v) is 9.19. The van der Waals surface area contributed by atoms with Crippen molar-refractivity contribution < 1.29 is 22.3 Å². The highest BCUT2D eigenvalue weighted by atomic mass is 32.2. The quantitative estimate of drug-likeness (QED) is 0.721. The number of carbonyl (C=O) groups excluding carboxylic acids is 1. The molecule has 156 valence electrons. The van der Waals surface area contributed by atoms with Crippen LogP contribution in [-0.2, 0) is 14.8 Å². The van der Waals surface area contributed by atoms with E-state index in [4.69, 9.17) is 4.74 Å². The minimum absolute atomic E-state index is 0.215. The SMILES string of the molecule is CC(C)c1ccc(S(=O)(=O)N2CCN(C(=O)COc3cccc(F)c3)CC2)cc1. The molecule has 29 heavy (non-hydrogen) atoms. The summed E-state index contributed by atoms with van der Waals surface area (Å²) in [5, 5.41) is 0. The van der Waals surface area contributed by atoms with Crippen LogP contribution in [0.3, 0.4) is 0 Å². The van der Waals surface area contributed by atoms with Gasteiger partial charge in [0, 0.05) is 32.2 Å². The highest BCUT2D eigenvalue weighted by Crippen LogP contribution is 2.21. The van der Waals surface area contributed by atoms with Crippen LogP contribution >= 0.6 is 0 Å². The highest BCUT2D eigenvalue weighted by molar-refractivity contribution is 7.89. The summed E-state index contributed by atoms with van der Waals surface area (Å²) in [7, 11) is -3.59. The van der Waals surface area contributed by atoms with Gasteiger partial charge in [-0.05, 0) is 35.7 Å².